The lowest BCUT2D eigenvalue weighted by Crippen LogP contribution is -2.36. The lowest BCUT2D eigenvalue weighted by atomic mass is 10.0. The maximum Gasteiger partial charge on any atom is 0.335 e. The number of hydrogen-bond acceptors (Lipinski definition) is 7. The number of carboxylic acids is 1. The molecule has 2 N–H and O–H groups in total. The summed E-state index contributed by atoms with van der Waals surface area (Å²) < 4.78 is 11.2. The van der Waals surface area contributed by atoms with Crippen molar-refractivity contribution in [3.63, 3.8) is 0 Å². The highest BCUT2D eigenvalue weighted by molar-refractivity contribution is 8.18. The number of carbonyl (C=O) groups excluding carboxylic acids is 3. The highest BCUT2D eigenvalue weighted by atomic mass is 32.2. The van der Waals surface area contributed by atoms with Crippen LogP contribution in [-0.4, -0.2) is 46.2 Å². The standard InChI is InChI=1S/C26H22N2O7S/c1-3-34-18-8-6-17(7-9-18)27-23(29)14-28-24(30)22(36-26(28)33)13-19-10-11-21(35-19)20-12-16(25(31)32)5-4-15(20)2/h4-13H,3,14H2,1-2H3,(H,27,29)(H,31,32)/b22-13+. The Bertz CT molecular complexity index is 1380. The maximum atomic E-state index is 12.8. The monoisotopic (exact) mass is 506 g/mol. The third kappa shape index (κ3) is 5.49. The largest absolute Gasteiger partial charge is 0.494 e. The van der Waals surface area contributed by atoms with Crippen LogP contribution in [0.4, 0.5) is 10.5 Å². The van der Waals surface area contributed by atoms with Crippen molar-refractivity contribution in [1.29, 1.82) is 0 Å². The third-order valence-electron chi connectivity index (χ3n) is 5.27. The van der Waals surface area contributed by atoms with E-state index >= 15 is 0 Å². The van der Waals surface area contributed by atoms with Gasteiger partial charge in [0.05, 0.1) is 17.1 Å². The summed E-state index contributed by atoms with van der Waals surface area (Å²) in [5, 5.41) is 11.3. The lowest BCUT2D eigenvalue weighted by Gasteiger charge is -2.12. The molecule has 1 saturated heterocycles. The molecule has 9 nitrogen and oxygen atoms in total. The molecule has 0 radical (unpaired) electrons. The molecule has 184 valence electrons. The van der Waals surface area contributed by atoms with Crippen molar-refractivity contribution >= 4 is 46.5 Å². The molecule has 0 unspecified atom stereocenters. The van der Waals surface area contributed by atoms with Crippen molar-refractivity contribution in [2.24, 2.45) is 0 Å². The number of nitrogens with one attached hydrogen (secondary N) is 1. The van der Waals surface area contributed by atoms with Crippen LogP contribution in [0.3, 0.4) is 0 Å². The first-order chi connectivity index (χ1) is 17.2. The predicted molar refractivity (Wildman–Crippen MR) is 135 cm³/mol. The molecule has 1 aliphatic heterocycles. The van der Waals surface area contributed by atoms with E-state index in [2.05, 4.69) is 5.32 Å². The number of benzene rings is 2. The molecular weight excluding hydrogens is 484 g/mol. The smallest absolute Gasteiger partial charge is 0.335 e. The second kappa shape index (κ2) is 10.5. The molecule has 0 bridgehead atoms. The Balaban J connectivity index is 1.44. The van der Waals surface area contributed by atoms with Gasteiger partial charge in [-0.25, -0.2) is 4.79 Å². The number of aryl methyl sites for hydroxylation is 1. The first-order valence-electron chi connectivity index (χ1n) is 11.0. The van der Waals surface area contributed by atoms with Crippen LogP contribution in [0, 0.1) is 6.92 Å². The van der Waals surface area contributed by atoms with E-state index in [1.54, 1.807) is 42.5 Å². The van der Waals surface area contributed by atoms with Crippen LogP contribution in [0.25, 0.3) is 17.4 Å². The van der Waals surface area contributed by atoms with Gasteiger partial charge in [0.2, 0.25) is 5.91 Å². The number of aromatic carboxylic acids is 1. The van der Waals surface area contributed by atoms with E-state index in [1.165, 1.54) is 18.2 Å². The van der Waals surface area contributed by atoms with Crippen LogP contribution in [0.2, 0.25) is 0 Å². The normalized spacial score (nSPS) is 14.4. The summed E-state index contributed by atoms with van der Waals surface area (Å²) in [5.74, 6) is -0.767. The summed E-state index contributed by atoms with van der Waals surface area (Å²) in [6.45, 7) is 3.79. The fraction of sp³-hybridized carbons (Fsp3) is 0.154. The molecule has 1 aliphatic rings. The van der Waals surface area contributed by atoms with Crippen molar-refractivity contribution in [3.8, 4) is 17.1 Å². The number of amides is 3. The highest BCUT2D eigenvalue weighted by Crippen LogP contribution is 2.34. The van der Waals surface area contributed by atoms with E-state index in [9.17, 15) is 24.3 Å². The summed E-state index contributed by atoms with van der Waals surface area (Å²) in [6, 6.07) is 14.7. The Labute approximate surface area is 210 Å². The lowest BCUT2D eigenvalue weighted by molar-refractivity contribution is -0.127. The van der Waals surface area contributed by atoms with Gasteiger partial charge in [-0.05, 0) is 79.7 Å². The second-order valence-electron chi connectivity index (χ2n) is 7.81. The van der Waals surface area contributed by atoms with Crippen molar-refractivity contribution in [2.45, 2.75) is 13.8 Å². The topological polar surface area (TPSA) is 126 Å². The summed E-state index contributed by atoms with van der Waals surface area (Å²) in [4.78, 5) is 49.9. The SMILES string of the molecule is CCOc1ccc(NC(=O)CN2C(=O)S/C(=C/c3ccc(-c4cc(C(=O)O)ccc4C)o3)C2=O)cc1. The summed E-state index contributed by atoms with van der Waals surface area (Å²) >= 11 is 0.711. The number of carboxylic acid groups (broad SMARTS) is 1. The Morgan fingerprint density at radius 3 is 2.56 bits per heavy atom. The predicted octanol–water partition coefficient (Wildman–Crippen LogP) is 5.03. The van der Waals surface area contributed by atoms with Gasteiger partial charge in [-0.15, -0.1) is 0 Å². The van der Waals surface area contributed by atoms with Crippen LogP contribution in [0.15, 0.2) is 63.9 Å². The minimum atomic E-state index is -1.05. The summed E-state index contributed by atoms with van der Waals surface area (Å²) in [7, 11) is 0. The van der Waals surface area contributed by atoms with E-state index in [1.807, 2.05) is 13.8 Å². The number of furan rings is 1. The van der Waals surface area contributed by atoms with Gasteiger partial charge >= 0.3 is 5.97 Å². The average molecular weight is 507 g/mol. The van der Waals surface area contributed by atoms with E-state index < -0.39 is 29.6 Å². The van der Waals surface area contributed by atoms with Gasteiger partial charge in [0.25, 0.3) is 11.1 Å². The van der Waals surface area contributed by atoms with E-state index in [0.717, 1.165) is 10.5 Å². The Kier molecular flexibility index (Phi) is 7.25. The second-order valence-corrected chi connectivity index (χ2v) is 8.80. The first kappa shape index (κ1) is 24.8. The van der Waals surface area contributed by atoms with Gasteiger partial charge in [-0.1, -0.05) is 6.07 Å². The highest BCUT2D eigenvalue weighted by Gasteiger charge is 2.36. The number of nitrogens with zero attached hydrogens (tertiary/aromatic N) is 1. The van der Waals surface area contributed by atoms with Gasteiger partial charge in [0, 0.05) is 17.3 Å². The van der Waals surface area contributed by atoms with E-state index in [-0.39, 0.29) is 10.5 Å². The van der Waals surface area contributed by atoms with Crippen molar-refractivity contribution in [1.82, 2.24) is 4.90 Å². The molecule has 3 aromatic rings. The van der Waals surface area contributed by atoms with Gasteiger partial charge in [0.1, 0.15) is 23.8 Å². The molecule has 1 aromatic heterocycles. The minimum Gasteiger partial charge on any atom is -0.494 e. The van der Waals surface area contributed by atoms with E-state index in [4.69, 9.17) is 9.15 Å². The zero-order valence-corrected chi connectivity index (χ0v) is 20.3. The zero-order chi connectivity index (χ0) is 25.8. The van der Waals surface area contributed by atoms with Gasteiger partial charge in [-0.3, -0.25) is 19.3 Å². The Hall–Kier alpha value is -4.31. The molecule has 0 saturated carbocycles. The average Bonchev–Trinajstić information content (AvgIpc) is 3.41. The number of anilines is 1. The molecule has 1 fully saturated rings. The first-order valence-corrected chi connectivity index (χ1v) is 11.8. The number of ether oxygens (including phenoxy) is 1. The molecule has 10 heteroatoms. The number of imide groups is 1. The number of carbonyl (C=O) groups is 4. The van der Waals surface area contributed by atoms with Crippen molar-refractivity contribution in [3.05, 3.63) is 76.4 Å². The Morgan fingerprint density at radius 2 is 1.86 bits per heavy atom. The van der Waals surface area contributed by atoms with Crippen molar-refractivity contribution < 1.29 is 33.4 Å². The molecule has 3 amide bonds. The fourth-order valence-corrected chi connectivity index (χ4v) is 4.32. The molecule has 36 heavy (non-hydrogen) atoms. The number of rotatable bonds is 8. The number of thioether (sulfide) groups is 1. The van der Waals surface area contributed by atoms with Crippen molar-refractivity contribution in [2.75, 3.05) is 18.5 Å². The van der Waals surface area contributed by atoms with E-state index in [0.29, 0.717) is 46.9 Å². The maximum absolute atomic E-state index is 12.8. The van der Waals surface area contributed by atoms with Crippen LogP contribution < -0.4 is 10.1 Å². The van der Waals surface area contributed by atoms with Crippen LogP contribution >= 0.6 is 11.8 Å². The summed E-state index contributed by atoms with van der Waals surface area (Å²) in [5.41, 5.74) is 2.06. The minimum absolute atomic E-state index is 0.116. The number of hydrogen-bond donors (Lipinski definition) is 2. The van der Waals surface area contributed by atoms with Crippen LogP contribution in [-0.2, 0) is 9.59 Å². The fourth-order valence-electron chi connectivity index (χ4n) is 3.51. The van der Waals surface area contributed by atoms with Gasteiger partial charge < -0.3 is 19.6 Å². The molecule has 0 spiro atoms. The zero-order valence-electron chi connectivity index (χ0n) is 19.4. The molecule has 0 aliphatic carbocycles. The molecule has 0 atom stereocenters. The van der Waals surface area contributed by atoms with Crippen LogP contribution in [0.5, 0.6) is 5.75 Å². The van der Waals surface area contributed by atoms with Gasteiger partial charge in [-0.2, -0.15) is 0 Å². The van der Waals surface area contributed by atoms with Crippen LogP contribution in [0.1, 0.15) is 28.6 Å². The molecule has 2 aromatic carbocycles. The Morgan fingerprint density at radius 1 is 1.11 bits per heavy atom. The van der Waals surface area contributed by atoms with Gasteiger partial charge in [0.15, 0.2) is 0 Å². The third-order valence-corrected chi connectivity index (χ3v) is 6.18. The molecular formula is C26H22N2O7S. The quantitative estimate of drug-likeness (QED) is 0.408. The molecule has 4 rings (SSSR count). The molecule has 2 heterocycles. The summed E-state index contributed by atoms with van der Waals surface area (Å²) in [6.07, 6.45) is 1.43.